The Bertz CT molecular complexity index is 1120. The van der Waals surface area contributed by atoms with E-state index in [-0.39, 0.29) is 18.9 Å². The number of ether oxygens (including phenoxy) is 3. The van der Waals surface area contributed by atoms with Crippen molar-refractivity contribution < 1.29 is 23.9 Å². The molecule has 0 aliphatic carbocycles. The number of urea groups is 1. The number of carbonyl (C=O) groups excluding carboxylic acids is 1. The fourth-order valence-electron chi connectivity index (χ4n) is 2.81. The molecule has 0 heterocycles. The van der Waals surface area contributed by atoms with Gasteiger partial charge >= 0.3 is 6.03 Å². The van der Waals surface area contributed by atoms with E-state index in [9.17, 15) is 14.9 Å². The van der Waals surface area contributed by atoms with E-state index in [2.05, 4.69) is 15.8 Å². The summed E-state index contributed by atoms with van der Waals surface area (Å²) in [4.78, 5) is 22.1. The number of rotatable bonds is 11. The van der Waals surface area contributed by atoms with Gasteiger partial charge in [0.2, 0.25) is 0 Å². The van der Waals surface area contributed by atoms with Crippen LogP contribution >= 0.6 is 0 Å². The van der Waals surface area contributed by atoms with Crippen molar-refractivity contribution in [2.75, 3.05) is 25.1 Å². The van der Waals surface area contributed by atoms with E-state index < -0.39 is 11.0 Å². The zero-order chi connectivity index (χ0) is 24.2. The largest absolute Gasteiger partial charge is 0.490 e. The van der Waals surface area contributed by atoms with Crippen molar-refractivity contribution in [1.82, 2.24) is 5.43 Å². The summed E-state index contributed by atoms with van der Waals surface area (Å²) in [6.45, 7) is 2.78. The van der Waals surface area contributed by atoms with Crippen LogP contribution in [0.2, 0.25) is 0 Å². The molecule has 0 fully saturated rings. The molecule has 176 valence electrons. The van der Waals surface area contributed by atoms with Gasteiger partial charge in [0.05, 0.1) is 17.7 Å². The molecule has 0 saturated heterocycles. The standard InChI is InChI=1S/C24H24N4O6/c1-2-32-23-16-18(17-25-27-24(29)26-19-6-4-3-5-7-19)8-13-22(23)34-15-14-33-21-11-9-20(10-12-21)28(30)31/h3-13,16-17H,2,14-15H2,1H3,(H2,26,27,29). The molecular weight excluding hydrogens is 440 g/mol. The van der Waals surface area contributed by atoms with Gasteiger partial charge in [-0.1, -0.05) is 18.2 Å². The van der Waals surface area contributed by atoms with Crippen molar-refractivity contribution in [3.63, 3.8) is 0 Å². The van der Waals surface area contributed by atoms with Crippen molar-refractivity contribution in [3.8, 4) is 17.2 Å². The van der Waals surface area contributed by atoms with Gasteiger partial charge in [-0.05, 0) is 55.0 Å². The first kappa shape index (κ1) is 24.1. The zero-order valence-corrected chi connectivity index (χ0v) is 18.5. The minimum atomic E-state index is -0.466. The molecule has 3 aromatic carbocycles. The molecular formula is C24H24N4O6. The first-order valence-corrected chi connectivity index (χ1v) is 10.5. The Kier molecular flexibility index (Phi) is 8.80. The molecule has 0 aliphatic rings. The zero-order valence-electron chi connectivity index (χ0n) is 18.5. The van der Waals surface area contributed by atoms with Gasteiger partial charge in [0.1, 0.15) is 19.0 Å². The van der Waals surface area contributed by atoms with E-state index in [4.69, 9.17) is 14.2 Å². The number of amides is 2. The van der Waals surface area contributed by atoms with Crippen molar-refractivity contribution in [2.45, 2.75) is 6.92 Å². The monoisotopic (exact) mass is 464 g/mol. The molecule has 10 heteroatoms. The summed E-state index contributed by atoms with van der Waals surface area (Å²) in [5, 5.41) is 17.3. The Hall–Kier alpha value is -4.60. The molecule has 2 amide bonds. The maximum atomic E-state index is 11.9. The molecule has 0 unspecified atom stereocenters. The maximum Gasteiger partial charge on any atom is 0.339 e. The average molecular weight is 464 g/mol. The number of hydrogen-bond acceptors (Lipinski definition) is 7. The number of hydrogen-bond donors (Lipinski definition) is 2. The number of non-ortho nitro benzene ring substituents is 1. The second-order valence-electron chi connectivity index (χ2n) is 6.78. The molecule has 0 saturated carbocycles. The summed E-state index contributed by atoms with van der Waals surface area (Å²) in [7, 11) is 0. The molecule has 3 rings (SSSR count). The van der Waals surface area contributed by atoms with Gasteiger partial charge in [-0.25, -0.2) is 10.2 Å². The van der Waals surface area contributed by atoms with Gasteiger partial charge in [0.15, 0.2) is 11.5 Å². The van der Waals surface area contributed by atoms with Crippen LogP contribution in [-0.2, 0) is 0 Å². The van der Waals surface area contributed by atoms with E-state index >= 15 is 0 Å². The van der Waals surface area contributed by atoms with Crippen molar-refractivity contribution in [2.24, 2.45) is 5.10 Å². The highest BCUT2D eigenvalue weighted by atomic mass is 16.6. The average Bonchev–Trinajstić information content (AvgIpc) is 2.84. The molecule has 2 N–H and O–H groups in total. The third kappa shape index (κ3) is 7.52. The van der Waals surface area contributed by atoms with Crippen LogP contribution in [0.3, 0.4) is 0 Å². The SMILES string of the molecule is CCOc1cc(C=NNC(=O)Nc2ccccc2)ccc1OCCOc1ccc([N+](=O)[O-])cc1. The predicted molar refractivity (Wildman–Crippen MR) is 128 cm³/mol. The van der Waals surface area contributed by atoms with Crippen LogP contribution in [0.5, 0.6) is 17.2 Å². The Morgan fingerprint density at radius 1 is 0.971 bits per heavy atom. The minimum absolute atomic E-state index is 0.000564. The fraction of sp³-hybridized carbons (Fsp3) is 0.167. The molecule has 0 radical (unpaired) electrons. The highest BCUT2D eigenvalue weighted by molar-refractivity contribution is 5.90. The van der Waals surface area contributed by atoms with Crippen LogP contribution in [0.1, 0.15) is 12.5 Å². The van der Waals surface area contributed by atoms with Crippen LogP contribution in [-0.4, -0.2) is 37.0 Å². The number of benzene rings is 3. The van der Waals surface area contributed by atoms with Gasteiger partial charge in [-0.2, -0.15) is 5.10 Å². The van der Waals surface area contributed by atoms with E-state index in [1.54, 1.807) is 30.3 Å². The van der Waals surface area contributed by atoms with E-state index in [1.165, 1.54) is 30.5 Å². The Morgan fingerprint density at radius 3 is 2.41 bits per heavy atom. The number of hydrazone groups is 1. The number of nitrogens with zero attached hydrogens (tertiary/aromatic N) is 2. The molecule has 3 aromatic rings. The molecule has 0 bridgehead atoms. The molecule has 34 heavy (non-hydrogen) atoms. The number of carbonyl (C=O) groups is 1. The summed E-state index contributed by atoms with van der Waals surface area (Å²) in [6.07, 6.45) is 1.49. The second-order valence-corrected chi connectivity index (χ2v) is 6.78. The van der Waals surface area contributed by atoms with Gasteiger partial charge < -0.3 is 19.5 Å². The smallest absolute Gasteiger partial charge is 0.339 e. The fourth-order valence-corrected chi connectivity index (χ4v) is 2.81. The third-order valence-electron chi connectivity index (χ3n) is 4.34. The maximum absolute atomic E-state index is 11.9. The van der Waals surface area contributed by atoms with E-state index in [0.717, 1.165) is 0 Å². The van der Waals surface area contributed by atoms with Crippen molar-refractivity contribution in [3.05, 3.63) is 88.5 Å². The van der Waals surface area contributed by atoms with Gasteiger partial charge in [0, 0.05) is 17.8 Å². The van der Waals surface area contributed by atoms with Gasteiger partial charge in [0.25, 0.3) is 5.69 Å². The highest BCUT2D eigenvalue weighted by Gasteiger charge is 2.08. The lowest BCUT2D eigenvalue weighted by Crippen LogP contribution is -2.24. The second kappa shape index (κ2) is 12.4. The topological polar surface area (TPSA) is 124 Å². The quantitative estimate of drug-likeness (QED) is 0.185. The highest BCUT2D eigenvalue weighted by Crippen LogP contribution is 2.28. The van der Waals surface area contributed by atoms with Crippen LogP contribution in [0.15, 0.2) is 77.9 Å². The van der Waals surface area contributed by atoms with Crippen LogP contribution in [0.4, 0.5) is 16.2 Å². The van der Waals surface area contributed by atoms with Crippen LogP contribution in [0.25, 0.3) is 0 Å². The van der Waals surface area contributed by atoms with Crippen molar-refractivity contribution >= 4 is 23.6 Å². The Morgan fingerprint density at radius 2 is 1.71 bits per heavy atom. The number of nitrogens with one attached hydrogen (secondary N) is 2. The summed E-state index contributed by atoms with van der Waals surface area (Å²) in [6, 6.07) is 19.7. The molecule has 0 atom stereocenters. The van der Waals surface area contributed by atoms with Crippen LogP contribution in [0, 0.1) is 10.1 Å². The van der Waals surface area contributed by atoms with Gasteiger partial charge in [-0.15, -0.1) is 0 Å². The summed E-state index contributed by atoms with van der Waals surface area (Å²) < 4.78 is 16.9. The lowest BCUT2D eigenvalue weighted by molar-refractivity contribution is -0.384. The predicted octanol–water partition coefficient (Wildman–Crippen LogP) is 4.61. The Labute approximate surface area is 196 Å². The first-order chi connectivity index (χ1) is 16.5. The molecule has 0 aliphatic heterocycles. The van der Waals surface area contributed by atoms with E-state index in [1.807, 2.05) is 25.1 Å². The molecule has 0 spiro atoms. The Balaban J connectivity index is 1.50. The summed E-state index contributed by atoms with van der Waals surface area (Å²) >= 11 is 0. The lowest BCUT2D eigenvalue weighted by atomic mass is 10.2. The number of nitro groups is 1. The van der Waals surface area contributed by atoms with Crippen LogP contribution < -0.4 is 25.0 Å². The summed E-state index contributed by atoms with van der Waals surface area (Å²) in [5.41, 5.74) is 3.77. The van der Waals surface area contributed by atoms with Gasteiger partial charge in [-0.3, -0.25) is 10.1 Å². The molecule has 0 aromatic heterocycles. The first-order valence-electron chi connectivity index (χ1n) is 10.5. The minimum Gasteiger partial charge on any atom is -0.490 e. The summed E-state index contributed by atoms with van der Waals surface area (Å²) in [5.74, 6) is 1.56. The van der Waals surface area contributed by atoms with Crippen molar-refractivity contribution in [1.29, 1.82) is 0 Å². The molecule has 10 nitrogen and oxygen atoms in total. The normalized spacial score (nSPS) is 10.5. The number of para-hydroxylation sites is 1. The third-order valence-corrected chi connectivity index (χ3v) is 4.34. The number of anilines is 1. The number of nitro benzene ring substituents is 1. The van der Waals surface area contributed by atoms with E-state index in [0.29, 0.717) is 35.1 Å². The lowest BCUT2D eigenvalue weighted by Gasteiger charge is -2.13.